The Morgan fingerprint density at radius 2 is 2.00 bits per heavy atom. The smallest absolute Gasteiger partial charge is 0.279 e. The monoisotopic (exact) mass is 263 g/mol. The van der Waals surface area contributed by atoms with Crippen LogP contribution in [-0.2, 0) is 10.2 Å². The van der Waals surface area contributed by atoms with Crippen molar-refractivity contribution in [1.29, 1.82) is 0 Å². The van der Waals surface area contributed by atoms with Crippen molar-refractivity contribution in [1.82, 2.24) is 14.3 Å². The van der Waals surface area contributed by atoms with E-state index in [1.807, 2.05) is 6.92 Å². The summed E-state index contributed by atoms with van der Waals surface area (Å²) < 4.78 is 28.0. The predicted octanol–water partition coefficient (Wildman–Crippen LogP) is 0.551. The lowest BCUT2D eigenvalue weighted by atomic mass is 10.2. The van der Waals surface area contributed by atoms with E-state index in [1.54, 1.807) is 7.05 Å². The van der Waals surface area contributed by atoms with Gasteiger partial charge in [0.25, 0.3) is 10.2 Å². The SMILES string of the molecule is CCNCCCN(C)S(=O)(=O)NC1CC1(C)C. The summed E-state index contributed by atoms with van der Waals surface area (Å²) >= 11 is 0. The molecule has 1 fully saturated rings. The maximum Gasteiger partial charge on any atom is 0.279 e. The fourth-order valence-electron chi connectivity index (χ4n) is 1.66. The first-order valence-corrected chi connectivity index (χ1v) is 7.68. The first-order chi connectivity index (χ1) is 7.79. The van der Waals surface area contributed by atoms with E-state index in [1.165, 1.54) is 4.31 Å². The molecule has 17 heavy (non-hydrogen) atoms. The second kappa shape index (κ2) is 5.65. The lowest BCUT2D eigenvalue weighted by molar-refractivity contribution is 0.440. The second-order valence-corrected chi connectivity index (χ2v) is 7.21. The molecule has 0 aromatic heterocycles. The third-order valence-corrected chi connectivity index (χ3v) is 4.88. The first-order valence-electron chi connectivity index (χ1n) is 6.24. The lowest BCUT2D eigenvalue weighted by Gasteiger charge is -2.18. The predicted molar refractivity (Wildman–Crippen MR) is 70.0 cm³/mol. The van der Waals surface area contributed by atoms with Gasteiger partial charge in [-0.1, -0.05) is 20.8 Å². The molecule has 1 saturated carbocycles. The second-order valence-electron chi connectivity index (χ2n) is 5.40. The molecule has 1 unspecified atom stereocenters. The Balaban J connectivity index is 2.31. The highest BCUT2D eigenvalue weighted by Crippen LogP contribution is 2.45. The third-order valence-electron chi connectivity index (χ3n) is 3.29. The average Bonchev–Trinajstić information content (AvgIpc) is 2.79. The fourth-order valence-corrected chi connectivity index (χ4v) is 2.97. The minimum absolute atomic E-state index is 0.101. The topological polar surface area (TPSA) is 61.4 Å². The quantitative estimate of drug-likeness (QED) is 0.629. The Hall–Kier alpha value is -0.170. The molecule has 102 valence electrons. The van der Waals surface area contributed by atoms with Gasteiger partial charge in [-0.25, -0.2) is 0 Å². The Labute approximate surface area is 105 Å². The van der Waals surface area contributed by atoms with Crippen LogP contribution in [0.2, 0.25) is 0 Å². The molecule has 0 radical (unpaired) electrons. The van der Waals surface area contributed by atoms with Gasteiger partial charge in [-0.05, 0) is 31.3 Å². The van der Waals surface area contributed by atoms with Crippen molar-refractivity contribution >= 4 is 10.2 Å². The molecule has 0 heterocycles. The van der Waals surface area contributed by atoms with Crippen LogP contribution in [0.5, 0.6) is 0 Å². The van der Waals surface area contributed by atoms with E-state index in [9.17, 15) is 8.42 Å². The van der Waals surface area contributed by atoms with Gasteiger partial charge in [-0.3, -0.25) is 0 Å². The van der Waals surface area contributed by atoms with Gasteiger partial charge in [0.1, 0.15) is 0 Å². The van der Waals surface area contributed by atoms with Crippen LogP contribution in [0, 0.1) is 5.41 Å². The molecule has 1 rings (SSSR count). The van der Waals surface area contributed by atoms with Crippen LogP contribution in [0.25, 0.3) is 0 Å². The molecule has 0 aromatic carbocycles. The molecule has 0 spiro atoms. The maximum absolute atomic E-state index is 11.9. The van der Waals surface area contributed by atoms with Crippen LogP contribution < -0.4 is 10.0 Å². The van der Waals surface area contributed by atoms with Gasteiger partial charge < -0.3 is 5.32 Å². The van der Waals surface area contributed by atoms with Gasteiger partial charge in [0, 0.05) is 19.6 Å². The zero-order valence-electron chi connectivity index (χ0n) is 11.3. The standard InChI is InChI=1S/C11H25N3O2S/c1-5-12-7-6-8-14(4)17(15,16)13-10-9-11(10,2)3/h10,12-13H,5-9H2,1-4H3. The van der Waals surface area contributed by atoms with E-state index in [0.717, 1.165) is 25.9 Å². The van der Waals surface area contributed by atoms with E-state index >= 15 is 0 Å². The van der Waals surface area contributed by atoms with E-state index in [0.29, 0.717) is 6.54 Å². The van der Waals surface area contributed by atoms with Gasteiger partial charge >= 0.3 is 0 Å². The van der Waals surface area contributed by atoms with Crippen molar-refractivity contribution in [3.05, 3.63) is 0 Å². The molecular weight excluding hydrogens is 238 g/mol. The zero-order valence-corrected chi connectivity index (χ0v) is 12.1. The molecule has 0 aromatic rings. The lowest BCUT2D eigenvalue weighted by Crippen LogP contribution is -2.41. The van der Waals surface area contributed by atoms with Gasteiger partial charge in [-0.15, -0.1) is 0 Å². The van der Waals surface area contributed by atoms with Gasteiger partial charge in [0.15, 0.2) is 0 Å². The third kappa shape index (κ3) is 4.54. The molecular formula is C11H25N3O2S. The number of nitrogens with one attached hydrogen (secondary N) is 2. The summed E-state index contributed by atoms with van der Waals surface area (Å²) in [5, 5.41) is 3.18. The van der Waals surface area contributed by atoms with Gasteiger partial charge in [0.05, 0.1) is 0 Å². The molecule has 1 aliphatic rings. The minimum atomic E-state index is -3.30. The molecule has 1 atom stereocenters. The Morgan fingerprint density at radius 3 is 2.47 bits per heavy atom. The molecule has 0 saturated heterocycles. The Kier molecular flexibility index (Phi) is 4.95. The van der Waals surface area contributed by atoms with Crippen molar-refractivity contribution in [2.75, 3.05) is 26.7 Å². The van der Waals surface area contributed by atoms with Crippen LogP contribution in [0.4, 0.5) is 0 Å². The van der Waals surface area contributed by atoms with Crippen molar-refractivity contribution in [2.24, 2.45) is 5.41 Å². The van der Waals surface area contributed by atoms with Crippen molar-refractivity contribution in [3.8, 4) is 0 Å². The molecule has 0 bridgehead atoms. The zero-order chi connectivity index (χ0) is 13.1. The summed E-state index contributed by atoms with van der Waals surface area (Å²) in [6.45, 7) is 8.51. The molecule has 1 aliphatic carbocycles. The Bertz CT molecular complexity index is 341. The molecule has 6 heteroatoms. The van der Waals surface area contributed by atoms with Crippen LogP contribution in [0.3, 0.4) is 0 Å². The number of rotatable bonds is 8. The minimum Gasteiger partial charge on any atom is -0.317 e. The van der Waals surface area contributed by atoms with Crippen molar-refractivity contribution < 1.29 is 8.42 Å². The highest BCUT2D eigenvalue weighted by atomic mass is 32.2. The van der Waals surface area contributed by atoms with E-state index in [4.69, 9.17) is 0 Å². The summed E-state index contributed by atoms with van der Waals surface area (Å²) in [7, 11) is -1.67. The van der Waals surface area contributed by atoms with E-state index in [-0.39, 0.29) is 11.5 Å². The van der Waals surface area contributed by atoms with Gasteiger partial charge in [0.2, 0.25) is 0 Å². The highest BCUT2D eigenvalue weighted by molar-refractivity contribution is 7.87. The summed E-state index contributed by atoms with van der Waals surface area (Å²) in [5.41, 5.74) is 0.123. The van der Waals surface area contributed by atoms with Crippen LogP contribution in [0.1, 0.15) is 33.6 Å². The van der Waals surface area contributed by atoms with Crippen LogP contribution >= 0.6 is 0 Å². The maximum atomic E-state index is 11.9. The van der Waals surface area contributed by atoms with Crippen molar-refractivity contribution in [2.45, 2.75) is 39.7 Å². The van der Waals surface area contributed by atoms with E-state index < -0.39 is 10.2 Å². The highest BCUT2D eigenvalue weighted by Gasteiger charge is 2.48. The summed E-state index contributed by atoms with van der Waals surface area (Å²) in [6.07, 6.45) is 1.76. The van der Waals surface area contributed by atoms with Crippen LogP contribution in [-0.4, -0.2) is 45.4 Å². The molecule has 0 amide bonds. The largest absolute Gasteiger partial charge is 0.317 e. The molecule has 2 N–H and O–H groups in total. The number of hydrogen-bond acceptors (Lipinski definition) is 3. The van der Waals surface area contributed by atoms with Crippen molar-refractivity contribution in [3.63, 3.8) is 0 Å². The normalized spacial score (nSPS) is 23.0. The van der Waals surface area contributed by atoms with Crippen LogP contribution in [0.15, 0.2) is 0 Å². The number of nitrogens with zero attached hydrogens (tertiary/aromatic N) is 1. The summed E-state index contributed by atoms with van der Waals surface area (Å²) in [5.74, 6) is 0. The Morgan fingerprint density at radius 1 is 1.41 bits per heavy atom. The van der Waals surface area contributed by atoms with E-state index in [2.05, 4.69) is 23.9 Å². The molecule has 0 aliphatic heterocycles. The van der Waals surface area contributed by atoms with Gasteiger partial charge in [-0.2, -0.15) is 17.4 Å². The number of hydrogen-bond donors (Lipinski definition) is 2. The molecule has 5 nitrogen and oxygen atoms in total. The summed E-state index contributed by atoms with van der Waals surface area (Å²) in [6, 6.07) is 0.101. The average molecular weight is 263 g/mol. The first kappa shape index (κ1) is 14.9. The summed E-state index contributed by atoms with van der Waals surface area (Å²) in [4.78, 5) is 0. The fraction of sp³-hybridized carbons (Fsp3) is 1.00.